The van der Waals surface area contributed by atoms with Crippen LogP contribution in [0.2, 0.25) is 0 Å². The van der Waals surface area contributed by atoms with Crippen LogP contribution in [0.15, 0.2) is 72.8 Å². The van der Waals surface area contributed by atoms with Gasteiger partial charge in [0.25, 0.3) is 0 Å². The van der Waals surface area contributed by atoms with Gasteiger partial charge < -0.3 is 10.3 Å². The molecule has 5 aromatic rings. The molecule has 0 spiro atoms. The Morgan fingerprint density at radius 3 is 2.24 bits per heavy atom. The van der Waals surface area contributed by atoms with Gasteiger partial charge in [0, 0.05) is 29.4 Å². The second kappa shape index (κ2) is 8.76. The fourth-order valence-electron chi connectivity index (χ4n) is 5.08. The van der Waals surface area contributed by atoms with Gasteiger partial charge in [0.1, 0.15) is 5.52 Å². The topological polar surface area (TPSA) is 71.0 Å². The highest BCUT2D eigenvalue weighted by Gasteiger charge is 2.26. The Labute approximate surface area is 198 Å². The highest BCUT2D eigenvalue weighted by Crippen LogP contribution is 2.41. The Balaban J connectivity index is 1.65. The van der Waals surface area contributed by atoms with Crippen LogP contribution in [0, 0.1) is 30.9 Å². The van der Waals surface area contributed by atoms with Gasteiger partial charge in [0.15, 0.2) is 0 Å². The molecule has 170 valence electrons. The Bertz CT molecular complexity index is 1510. The molecule has 0 unspecified atom stereocenters. The van der Waals surface area contributed by atoms with Gasteiger partial charge in [-0.3, -0.25) is 10.1 Å². The zero-order valence-corrected chi connectivity index (χ0v) is 19.6. The van der Waals surface area contributed by atoms with E-state index in [2.05, 4.69) is 49.3 Å². The third kappa shape index (κ3) is 3.84. The van der Waals surface area contributed by atoms with Crippen LogP contribution < -0.4 is 5.32 Å². The number of nitrogens with one attached hydrogen (secondary N) is 2. The lowest BCUT2D eigenvalue weighted by atomic mass is 9.94. The highest BCUT2D eigenvalue weighted by molar-refractivity contribution is 6.13. The lowest BCUT2D eigenvalue weighted by Gasteiger charge is -2.15. The number of nitrogens with zero attached hydrogens (tertiary/aromatic N) is 1. The largest absolute Gasteiger partial charge is 0.349 e. The Morgan fingerprint density at radius 2 is 1.53 bits per heavy atom. The zero-order chi connectivity index (χ0) is 23.8. The second-order valence-electron chi connectivity index (χ2n) is 8.96. The summed E-state index contributed by atoms with van der Waals surface area (Å²) in [4.78, 5) is 15.5. The van der Waals surface area contributed by atoms with Crippen molar-refractivity contribution in [3.63, 3.8) is 0 Å². The van der Waals surface area contributed by atoms with Crippen LogP contribution in [0.1, 0.15) is 27.8 Å². The van der Waals surface area contributed by atoms with Crippen molar-refractivity contribution in [1.82, 2.24) is 10.3 Å². The molecule has 0 saturated heterocycles. The molecule has 0 aliphatic rings. The van der Waals surface area contributed by atoms with E-state index in [1.165, 1.54) is 22.3 Å². The first-order valence-electron chi connectivity index (χ1n) is 11.5. The first-order chi connectivity index (χ1) is 16.4. The molecule has 0 saturated carbocycles. The standard InChI is InChI=1S/C29H27N3O2/c1-18-13-19(2)25(20(3)14-18)17-30-16-22-15-24-23-11-7-8-12-26(23)31-28(24)29(32(33)34)27(22)21-9-5-4-6-10-21/h4-15,30-31H,16-17H2,1-3H3. The van der Waals surface area contributed by atoms with Crippen molar-refractivity contribution in [2.75, 3.05) is 0 Å². The first kappa shape index (κ1) is 21.9. The number of nitro groups is 1. The summed E-state index contributed by atoms with van der Waals surface area (Å²) in [5.41, 5.74) is 9.05. The molecule has 2 N–H and O–H groups in total. The molecule has 0 bridgehead atoms. The van der Waals surface area contributed by atoms with Gasteiger partial charge in [-0.15, -0.1) is 0 Å². The summed E-state index contributed by atoms with van der Waals surface area (Å²) in [6.45, 7) is 7.60. The number of nitro benzene ring substituents is 1. The van der Waals surface area contributed by atoms with Gasteiger partial charge in [0.05, 0.1) is 10.5 Å². The van der Waals surface area contributed by atoms with Crippen molar-refractivity contribution in [2.24, 2.45) is 0 Å². The number of hydrogen-bond donors (Lipinski definition) is 2. The lowest BCUT2D eigenvalue weighted by Crippen LogP contribution is -2.16. The van der Waals surface area contributed by atoms with E-state index in [1.54, 1.807) is 0 Å². The third-order valence-electron chi connectivity index (χ3n) is 6.56. The number of aromatic amines is 1. The molecule has 0 fully saturated rings. The van der Waals surface area contributed by atoms with E-state index in [4.69, 9.17) is 0 Å². The average molecular weight is 450 g/mol. The number of fused-ring (bicyclic) bond motifs is 3. The molecular weight excluding hydrogens is 422 g/mol. The summed E-state index contributed by atoms with van der Waals surface area (Å²) in [6.07, 6.45) is 0. The number of hydrogen-bond acceptors (Lipinski definition) is 3. The fourth-order valence-corrected chi connectivity index (χ4v) is 5.08. The molecule has 5 heteroatoms. The minimum absolute atomic E-state index is 0.124. The van der Waals surface area contributed by atoms with E-state index < -0.39 is 0 Å². The smallest absolute Gasteiger partial charge is 0.301 e. The normalized spacial score (nSPS) is 11.4. The number of benzene rings is 4. The van der Waals surface area contributed by atoms with E-state index in [9.17, 15) is 10.1 Å². The molecule has 0 aliphatic carbocycles. The summed E-state index contributed by atoms with van der Waals surface area (Å²) in [5.74, 6) is 0. The summed E-state index contributed by atoms with van der Waals surface area (Å²) in [5, 5.41) is 17.9. The van der Waals surface area contributed by atoms with Crippen molar-refractivity contribution >= 4 is 27.5 Å². The van der Waals surface area contributed by atoms with Crippen LogP contribution in [0.5, 0.6) is 0 Å². The van der Waals surface area contributed by atoms with Gasteiger partial charge >= 0.3 is 5.69 Å². The van der Waals surface area contributed by atoms with Crippen molar-refractivity contribution in [3.05, 3.63) is 111 Å². The Kier molecular flexibility index (Phi) is 5.64. The molecule has 4 aromatic carbocycles. The van der Waals surface area contributed by atoms with E-state index in [0.29, 0.717) is 24.2 Å². The van der Waals surface area contributed by atoms with Crippen LogP contribution in [-0.2, 0) is 13.1 Å². The molecular formula is C29H27N3O2. The van der Waals surface area contributed by atoms with E-state index >= 15 is 0 Å². The minimum Gasteiger partial charge on any atom is -0.349 e. The molecule has 5 rings (SSSR count). The van der Waals surface area contributed by atoms with Crippen molar-refractivity contribution in [2.45, 2.75) is 33.9 Å². The first-order valence-corrected chi connectivity index (χ1v) is 11.5. The van der Waals surface area contributed by atoms with E-state index in [-0.39, 0.29) is 10.6 Å². The Hall–Kier alpha value is -3.96. The molecule has 1 aromatic heterocycles. The van der Waals surface area contributed by atoms with Crippen LogP contribution in [-0.4, -0.2) is 9.91 Å². The summed E-state index contributed by atoms with van der Waals surface area (Å²) in [7, 11) is 0. The maximum Gasteiger partial charge on any atom is 0.301 e. The minimum atomic E-state index is -0.252. The molecule has 5 nitrogen and oxygen atoms in total. The van der Waals surface area contributed by atoms with Crippen LogP contribution in [0.3, 0.4) is 0 Å². The summed E-state index contributed by atoms with van der Waals surface area (Å²) in [6, 6.07) is 24.0. The predicted octanol–water partition coefficient (Wildman–Crippen LogP) is 7.11. The third-order valence-corrected chi connectivity index (χ3v) is 6.56. The van der Waals surface area contributed by atoms with Crippen LogP contribution in [0.4, 0.5) is 5.69 Å². The van der Waals surface area contributed by atoms with Crippen molar-refractivity contribution < 1.29 is 4.92 Å². The van der Waals surface area contributed by atoms with Crippen molar-refractivity contribution in [1.29, 1.82) is 0 Å². The molecule has 34 heavy (non-hydrogen) atoms. The maximum absolute atomic E-state index is 12.4. The molecule has 0 atom stereocenters. The van der Waals surface area contributed by atoms with Gasteiger partial charge in [0.2, 0.25) is 0 Å². The number of rotatable bonds is 6. The average Bonchev–Trinajstić information content (AvgIpc) is 3.18. The van der Waals surface area contributed by atoms with Gasteiger partial charge in [-0.05, 0) is 60.7 Å². The van der Waals surface area contributed by atoms with Gasteiger partial charge in [-0.1, -0.05) is 66.2 Å². The maximum atomic E-state index is 12.4. The van der Waals surface area contributed by atoms with Gasteiger partial charge in [-0.25, -0.2) is 0 Å². The van der Waals surface area contributed by atoms with Gasteiger partial charge in [-0.2, -0.15) is 0 Å². The summed E-state index contributed by atoms with van der Waals surface area (Å²) < 4.78 is 0. The Morgan fingerprint density at radius 1 is 0.853 bits per heavy atom. The molecule has 0 aliphatic heterocycles. The highest BCUT2D eigenvalue weighted by atomic mass is 16.6. The van der Waals surface area contributed by atoms with Crippen LogP contribution in [0.25, 0.3) is 32.9 Å². The SMILES string of the molecule is Cc1cc(C)c(CNCc2cc3c([nH]c4ccccc43)c([N+](=O)[O-])c2-c2ccccc2)c(C)c1. The molecule has 0 radical (unpaired) electrons. The molecule has 0 amide bonds. The number of para-hydroxylation sites is 1. The number of H-pyrrole nitrogens is 1. The van der Waals surface area contributed by atoms with E-state index in [0.717, 1.165) is 27.4 Å². The fraction of sp³-hybridized carbons (Fsp3) is 0.172. The zero-order valence-electron chi connectivity index (χ0n) is 19.6. The van der Waals surface area contributed by atoms with E-state index in [1.807, 2.05) is 54.6 Å². The second-order valence-corrected chi connectivity index (χ2v) is 8.96. The number of aryl methyl sites for hydroxylation is 3. The van der Waals surface area contributed by atoms with Crippen LogP contribution >= 0.6 is 0 Å². The predicted molar refractivity (Wildman–Crippen MR) is 139 cm³/mol. The monoisotopic (exact) mass is 449 g/mol. The quantitative estimate of drug-likeness (QED) is 0.214. The number of aromatic nitrogens is 1. The molecule has 1 heterocycles. The van der Waals surface area contributed by atoms with Crippen molar-refractivity contribution in [3.8, 4) is 11.1 Å². The summed E-state index contributed by atoms with van der Waals surface area (Å²) >= 11 is 0. The lowest BCUT2D eigenvalue weighted by molar-refractivity contribution is -0.382.